The number of aryl methyl sites for hydroxylation is 1. The van der Waals surface area contributed by atoms with E-state index in [4.69, 9.17) is 10.2 Å². The van der Waals surface area contributed by atoms with E-state index in [0.29, 0.717) is 24.3 Å². The van der Waals surface area contributed by atoms with Crippen LogP contribution >= 0.6 is 0 Å². The maximum absolute atomic E-state index is 12.5. The Balaban J connectivity index is 2.23. The van der Waals surface area contributed by atoms with Crippen LogP contribution in [0, 0.1) is 6.92 Å². The number of hydrogen-bond acceptors (Lipinski definition) is 3. The summed E-state index contributed by atoms with van der Waals surface area (Å²) in [5.41, 5.74) is 7.99. The SMILES string of the molecule is CCN(Cc1ccco1)C(=O)c1cccc(C)c1N. The first-order valence-corrected chi connectivity index (χ1v) is 6.30. The van der Waals surface area contributed by atoms with Gasteiger partial charge in [0.1, 0.15) is 5.76 Å². The van der Waals surface area contributed by atoms with Gasteiger partial charge in [-0.25, -0.2) is 0 Å². The highest BCUT2D eigenvalue weighted by molar-refractivity contribution is 5.99. The number of rotatable bonds is 4. The van der Waals surface area contributed by atoms with Gasteiger partial charge in [-0.2, -0.15) is 0 Å². The third-order valence-electron chi connectivity index (χ3n) is 3.15. The van der Waals surface area contributed by atoms with Gasteiger partial charge in [0.15, 0.2) is 0 Å². The number of para-hydroxylation sites is 1. The van der Waals surface area contributed by atoms with E-state index in [1.165, 1.54) is 0 Å². The van der Waals surface area contributed by atoms with Crippen LogP contribution in [0.15, 0.2) is 41.0 Å². The zero-order chi connectivity index (χ0) is 13.8. The molecule has 4 heteroatoms. The fourth-order valence-electron chi connectivity index (χ4n) is 1.96. The summed E-state index contributed by atoms with van der Waals surface area (Å²) in [6.07, 6.45) is 1.61. The molecule has 1 aromatic heterocycles. The Hall–Kier alpha value is -2.23. The lowest BCUT2D eigenvalue weighted by atomic mass is 10.1. The topological polar surface area (TPSA) is 59.5 Å². The van der Waals surface area contributed by atoms with Gasteiger partial charge in [-0.15, -0.1) is 0 Å². The Bertz CT molecular complexity index is 562. The van der Waals surface area contributed by atoms with Crippen LogP contribution in [-0.2, 0) is 6.54 Å². The van der Waals surface area contributed by atoms with Gasteiger partial charge in [-0.3, -0.25) is 4.79 Å². The smallest absolute Gasteiger partial charge is 0.256 e. The molecule has 0 saturated heterocycles. The third-order valence-corrected chi connectivity index (χ3v) is 3.15. The lowest BCUT2D eigenvalue weighted by Gasteiger charge is -2.21. The molecule has 19 heavy (non-hydrogen) atoms. The van der Waals surface area contributed by atoms with E-state index >= 15 is 0 Å². The van der Waals surface area contributed by atoms with Crippen LogP contribution in [0.4, 0.5) is 5.69 Å². The maximum atomic E-state index is 12.5. The van der Waals surface area contributed by atoms with E-state index < -0.39 is 0 Å². The van der Waals surface area contributed by atoms with E-state index in [1.807, 2.05) is 38.1 Å². The number of hydrogen-bond donors (Lipinski definition) is 1. The zero-order valence-corrected chi connectivity index (χ0v) is 11.2. The minimum Gasteiger partial charge on any atom is -0.467 e. The first kappa shape index (κ1) is 13.2. The number of carbonyl (C=O) groups excluding carboxylic acids is 1. The number of benzene rings is 1. The molecule has 2 N–H and O–H groups in total. The highest BCUT2D eigenvalue weighted by Gasteiger charge is 2.18. The van der Waals surface area contributed by atoms with Crippen LogP contribution in [0.5, 0.6) is 0 Å². The first-order valence-electron chi connectivity index (χ1n) is 6.30. The van der Waals surface area contributed by atoms with E-state index in [0.717, 1.165) is 11.3 Å². The van der Waals surface area contributed by atoms with Crippen molar-refractivity contribution in [3.8, 4) is 0 Å². The molecule has 0 saturated carbocycles. The van der Waals surface area contributed by atoms with Gasteiger partial charge in [-0.05, 0) is 37.6 Å². The number of furan rings is 1. The summed E-state index contributed by atoms with van der Waals surface area (Å²) < 4.78 is 5.28. The van der Waals surface area contributed by atoms with Crippen LogP contribution in [0.25, 0.3) is 0 Å². The molecule has 2 aromatic rings. The molecule has 0 spiro atoms. The van der Waals surface area contributed by atoms with Crippen molar-refractivity contribution in [2.24, 2.45) is 0 Å². The first-order chi connectivity index (χ1) is 9.13. The lowest BCUT2D eigenvalue weighted by molar-refractivity contribution is 0.0742. The second-order valence-corrected chi connectivity index (χ2v) is 4.43. The van der Waals surface area contributed by atoms with E-state index in [9.17, 15) is 4.79 Å². The van der Waals surface area contributed by atoms with Gasteiger partial charge in [0, 0.05) is 12.2 Å². The van der Waals surface area contributed by atoms with Crippen molar-refractivity contribution in [2.75, 3.05) is 12.3 Å². The molecule has 0 aliphatic rings. The molecule has 100 valence electrons. The summed E-state index contributed by atoms with van der Waals surface area (Å²) >= 11 is 0. The molecule has 1 heterocycles. The monoisotopic (exact) mass is 258 g/mol. The molecule has 2 rings (SSSR count). The van der Waals surface area contributed by atoms with Crippen LogP contribution in [0.3, 0.4) is 0 Å². The number of amides is 1. The minimum absolute atomic E-state index is 0.0694. The average Bonchev–Trinajstić information content (AvgIpc) is 2.91. The van der Waals surface area contributed by atoms with Gasteiger partial charge in [0.05, 0.1) is 18.4 Å². The molecule has 0 bridgehead atoms. The Morgan fingerprint density at radius 1 is 1.32 bits per heavy atom. The van der Waals surface area contributed by atoms with Gasteiger partial charge in [0.2, 0.25) is 0 Å². The number of nitrogen functional groups attached to an aromatic ring is 1. The normalized spacial score (nSPS) is 10.4. The van der Waals surface area contributed by atoms with Gasteiger partial charge >= 0.3 is 0 Å². The Morgan fingerprint density at radius 2 is 2.11 bits per heavy atom. The van der Waals surface area contributed by atoms with Crippen molar-refractivity contribution in [3.05, 3.63) is 53.5 Å². The predicted octanol–water partition coefficient (Wildman–Crippen LogP) is 2.83. The quantitative estimate of drug-likeness (QED) is 0.858. The molecule has 1 amide bonds. The van der Waals surface area contributed by atoms with Crippen molar-refractivity contribution in [1.82, 2.24) is 4.90 Å². The zero-order valence-electron chi connectivity index (χ0n) is 11.2. The highest BCUT2D eigenvalue weighted by atomic mass is 16.3. The number of nitrogens with two attached hydrogens (primary N) is 1. The Kier molecular flexibility index (Phi) is 3.90. The molecule has 0 aliphatic heterocycles. The molecule has 4 nitrogen and oxygen atoms in total. The minimum atomic E-state index is -0.0694. The van der Waals surface area contributed by atoms with Crippen LogP contribution in [-0.4, -0.2) is 17.4 Å². The molecule has 0 aliphatic carbocycles. The van der Waals surface area contributed by atoms with Crippen LogP contribution < -0.4 is 5.73 Å². The highest BCUT2D eigenvalue weighted by Crippen LogP contribution is 2.19. The largest absolute Gasteiger partial charge is 0.467 e. The summed E-state index contributed by atoms with van der Waals surface area (Å²) in [7, 11) is 0. The van der Waals surface area contributed by atoms with Crippen molar-refractivity contribution in [2.45, 2.75) is 20.4 Å². The summed E-state index contributed by atoms with van der Waals surface area (Å²) in [5, 5.41) is 0. The summed E-state index contributed by atoms with van der Waals surface area (Å²) in [6.45, 7) is 4.89. The molecule has 0 radical (unpaired) electrons. The molecular formula is C15H18N2O2. The van der Waals surface area contributed by atoms with Crippen LogP contribution in [0.1, 0.15) is 28.6 Å². The summed E-state index contributed by atoms with van der Waals surface area (Å²) in [6, 6.07) is 9.17. The van der Waals surface area contributed by atoms with E-state index in [2.05, 4.69) is 0 Å². The number of nitrogens with zero attached hydrogens (tertiary/aromatic N) is 1. The predicted molar refractivity (Wildman–Crippen MR) is 74.7 cm³/mol. The Labute approximate surface area is 112 Å². The van der Waals surface area contributed by atoms with Crippen molar-refractivity contribution >= 4 is 11.6 Å². The van der Waals surface area contributed by atoms with Gasteiger partial charge in [0.25, 0.3) is 5.91 Å². The molecular weight excluding hydrogens is 240 g/mol. The van der Waals surface area contributed by atoms with Crippen molar-refractivity contribution in [3.63, 3.8) is 0 Å². The summed E-state index contributed by atoms with van der Waals surface area (Å²) in [5.74, 6) is 0.696. The Morgan fingerprint density at radius 3 is 2.74 bits per heavy atom. The van der Waals surface area contributed by atoms with E-state index in [1.54, 1.807) is 17.2 Å². The molecule has 0 unspecified atom stereocenters. The van der Waals surface area contributed by atoms with Crippen molar-refractivity contribution < 1.29 is 9.21 Å². The molecule has 0 fully saturated rings. The second-order valence-electron chi connectivity index (χ2n) is 4.43. The average molecular weight is 258 g/mol. The number of anilines is 1. The fourth-order valence-corrected chi connectivity index (χ4v) is 1.96. The van der Waals surface area contributed by atoms with Gasteiger partial charge < -0.3 is 15.1 Å². The van der Waals surface area contributed by atoms with Crippen molar-refractivity contribution in [1.29, 1.82) is 0 Å². The second kappa shape index (κ2) is 5.61. The molecule has 1 aromatic carbocycles. The van der Waals surface area contributed by atoms with E-state index in [-0.39, 0.29) is 5.91 Å². The third kappa shape index (κ3) is 2.78. The standard InChI is InChI=1S/C15H18N2O2/c1-3-17(10-12-7-5-9-19-12)15(18)13-8-4-6-11(2)14(13)16/h4-9H,3,10,16H2,1-2H3. The number of carbonyl (C=O) groups is 1. The fraction of sp³-hybridized carbons (Fsp3) is 0.267. The summed E-state index contributed by atoms with van der Waals surface area (Å²) in [4.78, 5) is 14.2. The maximum Gasteiger partial charge on any atom is 0.256 e. The lowest BCUT2D eigenvalue weighted by Crippen LogP contribution is -2.30. The van der Waals surface area contributed by atoms with Gasteiger partial charge in [-0.1, -0.05) is 12.1 Å². The molecule has 0 atom stereocenters. The van der Waals surface area contributed by atoms with Crippen LogP contribution in [0.2, 0.25) is 0 Å².